The number of nitrogens with zero attached hydrogens (tertiary/aromatic N) is 3. The van der Waals surface area contributed by atoms with Crippen LogP contribution < -0.4 is 14.8 Å². The van der Waals surface area contributed by atoms with E-state index in [1.807, 2.05) is 24.3 Å². The van der Waals surface area contributed by atoms with Gasteiger partial charge < -0.3 is 14.8 Å². The van der Waals surface area contributed by atoms with Crippen LogP contribution in [-0.2, 0) is 9.59 Å². The van der Waals surface area contributed by atoms with E-state index in [9.17, 15) is 14.0 Å². The number of methoxy groups -OCH3 is 2. The molecule has 2 amide bonds. The summed E-state index contributed by atoms with van der Waals surface area (Å²) < 4.78 is 24.2. The maximum atomic E-state index is 13.6. The Morgan fingerprint density at radius 3 is 2.50 bits per heavy atom. The molecule has 0 spiro atoms. The summed E-state index contributed by atoms with van der Waals surface area (Å²) in [6, 6.07) is 20.6. The Kier molecular flexibility index (Phi) is 7.41. The molecule has 0 radical (unpaired) electrons. The minimum Gasteiger partial charge on any atom is -0.497 e. The van der Waals surface area contributed by atoms with E-state index in [1.54, 1.807) is 48.5 Å². The summed E-state index contributed by atoms with van der Waals surface area (Å²) >= 11 is 1.20. The molecule has 0 fully saturated rings. The molecular formula is C28H25FN4O4S. The number of nitrogens with one attached hydrogen (secondary N) is 1. The molecule has 194 valence electrons. The van der Waals surface area contributed by atoms with Crippen LogP contribution in [0.15, 0.2) is 82.9 Å². The van der Waals surface area contributed by atoms with Gasteiger partial charge >= 0.3 is 0 Å². The minimum absolute atomic E-state index is 0.0569. The van der Waals surface area contributed by atoms with E-state index in [4.69, 9.17) is 14.6 Å². The van der Waals surface area contributed by atoms with Gasteiger partial charge in [-0.25, -0.2) is 9.40 Å². The van der Waals surface area contributed by atoms with E-state index in [2.05, 4.69) is 10.3 Å². The van der Waals surface area contributed by atoms with Gasteiger partial charge in [0.25, 0.3) is 5.91 Å². The number of rotatable bonds is 7. The van der Waals surface area contributed by atoms with Gasteiger partial charge in [0, 0.05) is 12.8 Å². The SMILES string of the molecule is COc1ccc(C2=NN(C3=NC(=O)[C@@H](CC(=O)Nc4ccccc4OC)S3)[C@H](c3ccc(F)cc3)C2)cc1. The standard InChI is InChI=1S/C28H25FN4O4S/c1-36-20-13-9-17(10-14-20)22-15-23(18-7-11-19(29)12-8-18)33(32-22)28-31-27(35)25(38-28)16-26(34)30-21-5-3-4-6-24(21)37-2/h3-14,23,25H,15-16H2,1-2H3,(H,30,34)/t23-,25+/m0/s1. The number of aliphatic imine (C=N–C) groups is 1. The molecule has 5 rings (SSSR count). The van der Waals surface area contributed by atoms with E-state index in [0.717, 1.165) is 22.6 Å². The van der Waals surface area contributed by atoms with Crippen molar-refractivity contribution in [1.29, 1.82) is 0 Å². The zero-order valence-corrected chi connectivity index (χ0v) is 21.6. The van der Waals surface area contributed by atoms with Gasteiger partial charge in [0.15, 0.2) is 5.17 Å². The summed E-state index contributed by atoms with van der Waals surface area (Å²) in [6.07, 6.45) is 0.476. The number of halogens is 1. The van der Waals surface area contributed by atoms with Crippen molar-refractivity contribution in [3.05, 3.63) is 89.7 Å². The van der Waals surface area contributed by atoms with Crippen molar-refractivity contribution in [3.8, 4) is 11.5 Å². The first-order valence-electron chi connectivity index (χ1n) is 11.9. The maximum Gasteiger partial charge on any atom is 0.262 e. The average molecular weight is 533 g/mol. The molecular weight excluding hydrogens is 507 g/mol. The molecule has 3 aromatic rings. The molecule has 0 aliphatic carbocycles. The lowest BCUT2D eigenvalue weighted by molar-refractivity contribution is -0.121. The van der Waals surface area contributed by atoms with Gasteiger partial charge in [-0.15, -0.1) is 0 Å². The number of amides is 2. The van der Waals surface area contributed by atoms with E-state index in [1.165, 1.54) is 31.0 Å². The normalized spacial score (nSPS) is 18.7. The van der Waals surface area contributed by atoms with Crippen LogP contribution in [0.25, 0.3) is 0 Å². The quantitative estimate of drug-likeness (QED) is 0.459. The number of anilines is 1. The summed E-state index contributed by atoms with van der Waals surface area (Å²) in [5.74, 6) is 0.206. The lowest BCUT2D eigenvalue weighted by Gasteiger charge is -2.23. The fourth-order valence-corrected chi connectivity index (χ4v) is 5.37. The molecule has 38 heavy (non-hydrogen) atoms. The molecule has 10 heteroatoms. The van der Waals surface area contributed by atoms with Crippen LogP contribution in [-0.4, -0.2) is 47.2 Å². The summed E-state index contributed by atoms with van der Waals surface area (Å²) in [7, 11) is 3.13. The molecule has 0 saturated heterocycles. The summed E-state index contributed by atoms with van der Waals surface area (Å²) in [6.45, 7) is 0. The molecule has 0 saturated carbocycles. The van der Waals surface area contributed by atoms with Gasteiger partial charge in [-0.1, -0.05) is 36.0 Å². The Hall–Kier alpha value is -4.18. The summed E-state index contributed by atoms with van der Waals surface area (Å²) in [5, 5.41) is 9.03. The number of ether oxygens (including phenoxy) is 2. The lowest BCUT2D eigenvalue weighted by Crippen LogP contribution is -2.25. The Labute approximate surface area is 223 Å². The molecule has 3 aromatic carbocycles. The second-order valence-electron chi connectivity index (χ2n) is 8.68. The highest BCUT2D eigenvalue weighted by Gasteiger charge is 2.39. The van der Waals surface area contributed by atoms with Crippen LogP contribution in [0.3, 0.4) is 0 Å². The van der Waals surface area contributed by atoms with Crippen molar-refractivity contribution in [2.24, 2.45) is 10.1 Å². The number of hydrogen-bond acceptors (Lipinski definition) is 7. The second-order valence-corrected chi connectivity index (χ2v) is 9.85. The third-order valence-corrected chi connectivity index (χ3v) is 7.41. The van der Waals surface area contributed by atoms with Crippen molar-refractivity contribution in [2.45, 2.75) is 24.1 Å². The summed E-state index contributed by atoms with van der Waals surface area (Å²) in [5.41, 5.74) is 3.08. The molecule has 0 bridgehead atoms. The Balaban J connectivity index is 1.35. The van der Waals surface area contributed by atoms with Crippen molar-refractivity contribution in [3.63, 3.8) is 0 Å². The number of amidine groups is 1. The number of carbonyl (C=O) groups excluding carboxylic acids is 2. The molecule has 2 aliphatic rings. The average Bonchev–Trinajstić information content (AvgIpc) is 3.53. The van der Waals surface area contributed by atoms with Gasteiger partial charge in [0.05, 0.1) is 31.7 Å². The van der Waals surface area contributed by atoms with Crippen LogP contribution in [0.1, 0.15) is 30.0 Å². The van der Waals surface area contributed by atoms with E-state index >= 15 is 0 Å². The third-order valence-electron chi connectivity index (χ3n) is 6.27. The van der Waals surface area contributed by atoms with Crippen LogP contribution in [0.2, 0.25) is 0 Å². The molecule has 2 aliphatic heterocycles. The van der Waals surface area contributed by atoms with E-state index in [0.29, 0.717) is 23.0 Å². The molecule has 0 unspecified atom stereocenters. The van der Waals surface area contributed by atoms with Crippen molar-refractivity contribution in [1.82, 2.24) is 5.01 Å². The fraction of sp³-hybridized carbons (Fsp3) is 0.214. The number of carbonyl (C=O) groups is 2. The van der Waals surface area contributed by atoms with E-state index in [-0.39, 0.29) is 24.2 Å². The van der Waals surface area contributed by atoms with E-state index < -0.39 is 11.2 Å². The molecule has 2 atom stereocenters. The molecule has 8 nitrogen and oxygen atoms in total. The van der Waals surface area contributed by atoms with Crippen LogP contribution in [0.5, 0.6) is 11.5 Å². The van der Waals surface area contributed by atoms with Gasteiger partial charge in [0.1, 0.15) is 22.6 Å². The number of para-hydroxylation sites is 2. The highest BCUT2D eigenvalue weighted by Crippen LogP contribution is 2.39. The number of benzene rings is 3. The first-order valence-corrected chi connectivity index (χ1v) is 12.8. The Morgan fingerprint density at radius 1 is 1.05 bits per heavy atom. The topological polar surface area (TPSA) is 92.6 Å². The molecule has 2 heterocycles. The van der Waals surface area contributed by atoms with Crippen LogP contribution in [0.4, 0.5) is 10.1 Å². The third kappa shape index (κ3) is 5.40. The van der Waals surface area contributed by atoms with Gasteiger partial charge in [0.2, 0.25) is 5.91 Å². The predicted octanol–water partition coefficient (Wildman–Crippen LogP) is 5.02. The minimum atomic E-state index is -0.686. The second kappa shape index (κ2) is 11.1. The first kappa shape index (κ1) is 25.5. The van der Waals surface area contributed by atoms with Gasteiger partial charge in [-0.05, 0) is 59.7 Å². The maximum absolute atomic E-state index is 13.6. The Morgan fingerprint density at radius 2 is 1.79 bits per heavy atom. The number of hydrogen-bond donors (Lipinski definition) is 1. The highest BCUT2D eigenvalue weighted by atomic mass is 32.2. The van der Waals surface area contributed by atoms with Crippen LogP contribution >= 0.6 is 11.8 Å². The predicted molar refractivity (Wildman–Crippen MR) is 145 cm³/mol. The first-order chi connectivity index (χ1) is 18.4. The van der Waals surface area contributed by atoms with Gasteiger partial charge in [-0.2, -0.15) is 10.1 Å². The monoisotopic (exact) mass is 532 g/mol. The van der Waals surface area contributed by atoms with Crippen molar-refractivity contribution >= 4 is 40.1 Å². The zero-order chi connectivity index (χ0) is 26.6. The van der Waals surface area contributed by atoms with Crippen LogP contribution in [0, 0.1) is 5.82 Å². The van der Waals surface area contributed by atoms with Gasteiger partial charge in [-0.3, -0.25) is 9.59 Å². The number of hydrazone groups is 1. The zero-order valence-electron chi connectivity index (χ0n) is 20.8. The smallest absolute Gasteiger partial charge is 0.262 e. The Bertz CT molecular complexity index is 1410. The molecule has 0 aromatic heterocycles. The summed E-state index contributed by atoms with van der Waals surface area (Å²) in [4.78, 5) is 29.8. The lowest BCUT2D eigenvalue weighted by atomic mass is 9.98. The largest absolute Gasteiger partial charge is 0.497 e. The van der Waals surface area contributed by atoms with Crippen molar-refractivity contribution < 1.29 is 23.5 Å². The highest BCUT2D eigenvalue weighted by molar-refractivity contribution is 8.15. The van der Waals surface area contributed by atoms with Crippen molar-refractivity contribution in [2.75, 3.05) is 19.5 Å². The molecule has 1 N–H and O–H groups in total. The fourth-order valence-electron chi connectivity index (χ4n) is 4.31. The number of thioether (sulfide) groups is 1.